The van der Waals surface area contributed by atoms with Gasteiger partial charge in [-0.15, -0.1) is 0 Å². The molecule has 0 fully saturated rings. The second-order valence-electron chi connectivity index (χ2n) is 13.9. The van der Waals surface area contributed by atoms with Gasteiger partial charge in [0.1, 0.15) is 0 Å². The minimum Gasteiger partial charge on any atom is -0.278 e. The van der Waals surface area contributed by atoms with Crippen molar-refractivity contribution in [2.45, 2.75) is 0 Å². The molecule has 8 heteroatoms. The molecule has 0 saturated carbocycles. The molecule has 6 aromatic heterocycles. The van der Waals surface area contributed by atoms with Gasteiger partial charge in [0.05, 0.1) is 49.7 Å². The Bertz CT molecular complexity index is 3450. The third kappa shape index (κ3) is 3.47. The van der Waals surface area contributed by atoms with Crippen molar-refractivity contribution >= 4 is 87.7 Å². The number of fused-ring (bicyclic) bond motifs is 14. The molecule has 0 N–H and O–H groups in total. The summed E-state index contributed by atoms with van der Waals surface area (Å²) in [5.41, 5.74) is 10.3. The van der Waals surface area contributed by atoms with Crippen LogP contribution in [0.25, 0.3) is 111 Å². The van der Waals surface area contributed by atoms with Gasteiger partial charge in [-0.2, -0.15) is 15.0 Å². The van der Waals surface area contributed by atoms with E-state index in [1.807, 2.05) is 6.07 Å². The van der Waals surface area contributed by atoms with E-state index in [9.17, 15) is 0 Å². The van der Waals surface area contributed by atoms with Crippen molar-refractivity contribution in [3.63, 3.8) is 0 Å². The first-order valence-electron chi connectivity index (χ1n) is 18.1. The van der Waals surface area contributed by atoms with E-state index in [0.717, 1.165) is 87.9 Å². The van der Waals surface area contributed by atoms with Gasteiger partial charge < -0.3 is 0 Å². The standard InChI is InChI=1S/C46H26N8/c1-6-21-35-27(13-1)28-14-2-7-22-36(28)51(35)44-48-43(49-45(50-44)52-37-23-8-3-15-29(37)30-16-4-9-24-38(30)52)33-19-11-17-31-32-18-12-26-40-42(32)54(41(31)33)46-47-34-20-5-10-25-39(34)53(40)46/h1-26H. The van der Waals surface area contributed by atoms with Crippen molar-refractivity contribution in [3.05, 3.63) is 158 Å². The maximum absolute atomic E-state index is 5.41. The summed E-state index contributed by atoms with van der Waals surface area (Å²) in [6.45, 7) is 0. The third-order valence-corrected chi connectivity index (χ3v) is 11.2. The Kier molecular flexibility index (Phi) is 5.22. The topological polar surface area (TPSA) is 70.2 Å². The van der Waals surface area contributed by atoms with Gasteiger partial charge in [0.25, 0.3) is 0 Å². The number of aromatic nitrogens is 8. The summed E-state index contributed by atoms with van der Waals surface area (Å²) >= 11 is 0. The van der Waals surface area contributed by atoms with Crippen LogP contribution in [0.2, 0.25) is 0 Å². The zero-order valence-electron chi connectivity index (χ0n) is 28.6. The lowest BCUT2D eigenvalue weighted by molar-refractivity contribution is 0.893. The van der Waals surface area contributed by atoms with E-state index in [-0.39, 0.29) is 0 Å². The van der Waals surface area contributed by atoms with E-state index in [1.165, 1.54) is 5.39 Å². The van der Waals surface area contributed by atoms with Crippen LogP contribution in [0.4, 0.5) is 0 Å². The van der Waals surface area contributed by atoms with Crippen molar-refractivity contribution in [3.8, 4) is 23.3 Å². The molecule has 0 amide bonds. The SMILES string of the molecule is c1ccc2c(c1)nc1n2c2cccc3c4cccc(-c5nc(-n6c7ccccc7c7ccccc76)nc(-n6c7ccccc7c7ccccc76)n5)c4n1c32. The summed E-state index contributed by atoms with van der Waals surface area (Å²) < 4.78 is 8.94. The molecule has 7 aromatic carbocycles. The van der Waals surface area contributed by atoms with Crippen LogP contribution >= 0.6 is 0 Å². The van der Waals surface area contributed by atoms with Gasteiger partial charge in [0.15, 0.2) is 5.82 Å². The molecule has 0 aliphatic heterocycles. The molecule has 54 heavy (non-hydrogen) atoms. The average molecular weight is 691 g/mol. The van der Waals surface area contributed by atoms with Gasteiger partial charge in [0, 0.05) is 37.9 Å². The van der Waals surface area contributed by atoms with Gasteiger partial charge in [-0.1, -0.05) is 109 Å². The number of hydrogen-bond acceptors (Lipinski definition) is 4. The van der Waals surface area contributed by atoms with Crippen LogP contribution in [-0.4, -0.2) is 37.9 Å². The summed E-state index contributed by atoms with van der Waals surface area (Å²) in [5, 5.41) is 6.88. The first-order valence-corrected chi connectivity index (χ1v) is 18.1. The number of imidazole rings is 2. The van der Waals surface area contributed by atoms with Crippen LogP contribution in [0.15, 0.2) is 158 Å². The maximum atomic E-state index is 5.41. The number of benzene rings is 7. The highest BCUT2D eigenvalue weighted by Crippen LogP contribution is 2.41. The van der Waals surface area contributed by atoms with E-state index in [1.54, 1.807) is 0 Å². The summed E-state index contributed by atoms with van der Waals surface area (Å²) in [6, 6.07) is 55.2. The Hall–Kier alpha value is -7.58. The van der Waals surface area contributed by atoms with Crippen LogP contribution in [0, 0.1) is 0 Å². The van der Waals surface area contributed by atoms with E-state index in [2.05, 4.69) is 170 Å². The fraction of sp³-hybridized carbons (Fsp3) is 0. The Morgan fingerprint density at radius 2 is 0.759 bits per heavy atom. The van der Waals surface area contributed by atoms with Crippen LogP contribution in [0.1, 0.15) is 0 Å². The number of nitrogens with zero attached hydrogens (tertiary/aromatic N) is 8. The van der Waals surface area contributed by atoms with Gasteiger partial charge in [-0.05, 0) is 48.5 Å². The maximum Gasteiger partial charge on any atom is 0.240 e. The molecular formula is C46H26N8. The van der Waals surface area contributed by atoms with Crippen LogP contribution in [0.5, 0.6) is 0 Å². The second kappa shape index (κ2) is 10.1. The normalized spacial score (nSPS) is 12.4. The highest BCUT2D eigenvalue weighted by atomic mass is 15.3. The van der Waals surface area contributed by atoms with E-state index >= 15 is 0 Å². The molecule has 0 aliphatic carbocycles. The molecule has 13 rings (SSSR count). The van der Waals surface area contributed by atoms with Crippen molar-refractivity contribution in [2.24, 2.45) is 0 Å². The molecule has 0 aliphatic rings. The molecule has 0 radical (unpaired) electrons. The highest BCUT2D eigenvalue weighted by Gasteiger charge is 2.25. The van der Waals surface area contributed by atoms with E-state index in [0.29, 0.717) is 17.7 Å². The summed E-state index contributed by atoms with van der Waals surface area (Å²) in [6.07, 6.45) is 0. The Morgan fingerprint density at radius 1 is 0.315 bits per heavy atom. The van der Waals surface area contributed by atoms with Crippen LogP contribution in [0.3, 0.4) is 0 Å². The number of hydrogen-bond donors (Lipinski definition) is 0. The largest absolute Gasteiger partial charge is 0.278 e. The van der Waals surface area contributed by atoms with E-state index < -0.39 is 0 Å². The highest BCUT2D eigenvalue weighted by molar-refractivity contribution is 6.19. The van der Waals surface area contributed by atoms with Crippen molar-refractivity contribution in [1.29, 1.82) is 0 Å². The van der Waals surface area contributed by atoms with Gasteiger partial charge in [-0.3, -0.25) is 17.9 Å². The van der Waals surface area contributed by atoms with E-state index in [4.69, 9.17) is 19.9 Å². The monoisotopic (exact) mass is 690 g/mol. The fourth-order valence-corrected chi connectivity index (χ4v) is 9.01. The molecular weight excluding hydrogens is 665 g/mol. The minimum absolute atomic E-state index is 0.553. The molecule has 250 valence electrons. The lowest BCUT2D eigenvalue weighted by Crippen LogP contribution is -2.10. The third-order valence-electron chi connectivity index (χ3n) is 11.2. The average Bonchev–Trinajstić information content (AvgIpc) is 4.02. The first-order chi connectivity index (χ1) is 26.8. The zero-order chi connectivity index (χ0) is 35.1. The van der Waals surface area contributed by atoms with Gasteiger partial charge >= 0.3 is 0 Å². The molecule has 0 unspecified atom stereocenters. The quantitative estimate of drug-likeness (QED) is 0.185. The minimum atomic E-state index is 0.553. The Balaban J connectivity index is 1.20. The molecule has 0 saturated heterocycles. The summed E-state index contributed by atoms with van der Waals surface area (Å²) in [5.74, 6) is 2.55. The number of para-hydroxylation sites is 8. The summed E-state index contributed by atoms with van der Waals surface area (Å²) in [7, 11) is 0. The lowest BCUT2D eigenvalue weighted by atomic mass is 10.1. The fourth-order valence-electron chi connectivity index (χ4n) is 9.01. The first kappa shape index (κ1) is 28.1. The summed E-state index contributed by atoms with van der Waals surface area (Å²) in [4.78, 5) is 21.4. The van der Waals surface area contributed by atoms with Crippen molar-refractivity contribution in [1.82, 2.24) is 37.9 Å². The van der Waals surface area contributed by atoms with Gasteiger partial charge in [-0.25, -0.2) is 4.98 Å². The molecule has 0 bridgehead atoms. The van der Waals surface area contributed by atoms with Crippen LogP contribution < -0.4 is 0 Å². The predicted octanol–water partition coefficient (Wildman–Crippen LogP) is 10.5. The molecule has 6 heterocycles. The molecule has 13 aromatic rings. The predicted molar refractivity (Wildman–Crippen MR) is 217 cm³/mol. The molecule has 0 atom stereocenters. The lowest BCUT2D eigenvalue weighted by Gasteiger charge is -2.13. The van der Waals surface area contributed by atoms with Crippen LogP contribution in [-0.2, 0) is 0 Å². The Labute approximate surface area is 305 Å². The zero-order valence-corrected chi connectivity index (χ0v) is 28.6. The van der Waals surface area contributed by atoms with Crippen molar-refractivity contribution < 1.29 is 0 Å². The smallest absolute Gasteiger partial charge is 0.240 e. The molecule has 0 spiro atoms. The molecule has 8 nitrogen and oxygen atoms in total. The number of rotatable bonds is 3. The van der Waals surface area contributed by atoms with Gasteiger partial charge in [0.2, 0.25) is 17.7 Å². The van der Waals surface area contributed by atoms with Crippen molar-refractivity contribution in [2.75, 3.05) is 0 Å². The second-order valence-corrected chi connectivity index (χ2v) is 13.9. The Morgan fingerprint density at radius 3 is 1.33 bits per heavy atom.